The van der Waals surface area contributed by atoms with Gasteiger partial charge in [-0.15, -0.1) is 0 Å². The number of hydrogen-bond acceptors (Lipinski definition) is 3. The fourth-order valence-electron chi connectivity index (χ4n) is 3.97. The summed E-state index contributed by atoms with van der Waals surface area (Å²) < 4.78 is 0. The zero-order valence-corrected chi connectivity index (χ0v) is 17.9. The molecule has 6 heteroatoms. The Labute approximate surface area is 186 Å². The van der Waals surface area contributed by atoms with Gasteiger partial charge in [-0.1, -0.05) is 59.6 Å². The molecule has 1 heterocycles. The molecule has 1 aromatic heterocycles. The predicted octanol–water partition coefficient (Wildman–Crippen LogP) is 4.87. The number of nitrogens with zero attached hydrogens (tertiary/aromatic N) is 2. The third kappa shape index (κ3) is 4.67. The molecule has 1 unspecified atom stereocenters. The van der Waals surface area contributed by atoms with Gasteiger partial charge in [-0.3, -0.25) is 9.78 Å². The summed E-state index contributed by atoms with van der Waals surface area (Å²) in [7, 11) is 0. The Morgan fingerprint density at radius 2 is 1.73 bits per heavy atom. The van der Waals surface area contributed by atoms with Gasteiger partial charge in [-0.2, -0.15) is 0 Å². The molecule has 0 spiro atoms. The highest BCUT2D eigenvalue weighted by atomic mass is 35.5. The number of aliphatic hydroxyl groups is 1. The van der Waals surface area contributed by atoms with Crippen LogP contribution in [0.15, 0.2) is 67.0 Å². The summed E-state index contributed by atoms with van der Waals surface area (Å²) >= 11 is 12.3. The molecule has 0 aliphatic heterocycles. The van der Waals surface area contributed by atoms with Crippen molar-refractivity contribution in [3.8, 4) is 0 Å². The van der Waals surface area contributed by atoms with Crippen LogP contribution in [0.25, 0.3) is 0 Å². The molecular weight excluding hydrogens is 419 g/mol. The molecule has 1 N–H and O–H groups in total. The number of pyridine rings is 1. The van der Waals surface area contributed by atoms with Crippen molar-refractivity contribution in [3.05, 3.63) is 99.3 Å². The number of carbonyl (C=O) groups excluding carboxylic acids is 1. The minimum Gasteiger partial charge on any atom is -0.386 e. The average Bonchev–Trinajstić information content (AvgIpc) is 3.17. The number of aliphatic hydroxyl groups excluding tert-OH is 1. The third-order valence-corrected chi connectivity index (χ3v) is 6.24. The Kier molecular flexibility index (Phi) is 6.38. The van der Waals surface area contributed by atoms with Crippen LogP contribution < -0.4 is 0 Å². The van der Waals surface area contributed by atoms with Crippen molar-refractivity contribution in [2.45, 2.75) is 25.5 Å². The maximum Gasteiger partial charge on any atom is 0.226 e. The molecule has 2 aromatic carbocycles. The van der Waals surface area contributed by atoms with Crippen molar-refractivity contribution in [2.75, 3.05) is 6.54 Å². The zero-order chi connectivity index (χ0) is 21.1. The van der Waals surface area contributed by atoms with Crippen LogP contribution in [0.5, 0.6) is 0 Å². The minimum atomic E-state index is -0.806. The lowest BCUT2D eigenvalue weighted by molar-refractivity contribution is -0.137. The van der Waals surface area contributed by atoms with E-state index in [1.54, 1.807) is 23.4 Å². The maximum absolute atomic E-state index is 13.5. The Bertz CT molecular complexity index is 997. The van der Waals surface area contributed by atoms with Gasteiger partial charge in [0.1, 0.15) is 0 Å². The molecule has 0 fully saturated rings. The van der Waals surface area contributed by atoms with Gasteiger partial charge >= 0.3 is 0 Å². The monoisotopic (exact) mass is 440 g/mol. The molecule has 154 valence electrons. The highest BCUT2D eigenvalue weighted by Crippen LogP contribution is 2.34. The van der Waals surface area contributed by atoms with E-state index in [-0.39, 0.29) is 18.4 Å². The summed E-state index contributed by atoms with van der Waals surface area (Å²) in [5.74, 6) is -0.176. The lowest BCUT2D eigenvalue weighted by atomic mass is 10.0. The number of amides is 1. The first-order chi connectivity index (χ1) is 14.5. The Balaban J connectivity index is 1.55. The van der Waals surface area contributed by atoms with E-state index < -0.39 is 6.10 Å². The fourth-order valence-corrected chi connectivity index (χ4v) is 4.34. The van der Waals surface area contributed by atoms with Crippen molar-refractivity contribution in [1.29, 1.82) is 0 Å². The number of benzene rings is 2. The SMILES string of the molecule is O=C(C1Cc2cc(Cl)c(Cl)cc2C1)N(Cc1ccccc1)CC(O)c1cccnc1. The number of hydrogen-bond donors (Lipinski definition) is 1. The number of carbonyl (C=O) groups is 1. The van der Waals surface area contributed by atoms with E-state index in [9.17, 15) is 9.90 Å². The van der Waals surface area contributed by atoms with Crippen LogP contribution in [0.3, 0.4) is 0 Å². The molecule has 3 aromatic rings. The lowest BCUT2D eigenvalue weighted by Crippen LogP contribution is -2.39. The van der Waals surface area contributed by atoms with Crippen LogP contribution in [-0.2, 0) is 24.2 Å². The molecular formula is C24H22Cl2N2O2. The lowest BCUT2D eigenvalue weighted by Gasteiger charge is -2.28. The van der Waals surface area contributed by atoms with Crippen molar-refractivity contribution < 1.29 is 9.90 Å². The smallest absolute Gasteiger partial charge is 0.226 e. The summed E-state index contributed by atoms with van der Waals surface area (Å²) in [5, 5.41) is 11.8. The first-order valence-corrected chi connectivity index (χ1v) is 10.6. The summed E-state index contributed by atoms with van der Waals surface area (Å²) in [6, 6.07) is 17.1. The average molecular weight is 441 g/mol. The summed E-state index contributed by atoms with van der Waals surface area (Å²) in [6.07, 6.45) is 3.73. The van der Waals surface area contributed by atoms with Gasteiger partial charge in [-0.25, -0.2) is 0 Å². The number of aromatic nitrogens is 1. The van der Waals surface area contributed by atoms with Gasteiger partial charge < -0.3 is 10.0 Å². The quantitative estimate of drug-likeness (QED) is 0.594. The van der Waals surface area contributed by atoms with Crippen LogP contribution in [-0.4, -0.2) is 27.4 Å². The van der Waals surface area contributed by atoms with E-state index in [0.29, 0.717) is 35.0 Å². The summed E-state index contributed by atoms with van der Waals surface area (Å²) in [5.41, 5.74) is 3.84. The van der Waals surface area contributed by atoms with E-state index in [4.69, 9.17) is 23.2 Å². The molecule has 1 atom stereocenters. The normalized spacial score (nSPS) is 14.4. The second kappa shape index (κ2) is 9.17. The summed E-state index contributed by atoms with van der Waals surface area (Å²) in [6.45, 7) is 0.638. The van der Waals surface area contributed by atoms with Crippen LogP contribution in [0.1, 0.15) is 28.4 Å². The third-order valence-electron chi connectivity index (χ3n) is 5.51. The highest BCUT2D eigenvalue weighted by molar-refractivity contribution is 6.42. The topological polar surface area (TPSA) is 53.4 Å². The van der Waals surface area contributed by atoms with Gasteiger partial charge in [0.25, 0.3) is 0 Å². The molecule has 4 rings (SSSR count). The number of halogens is 2. The van der Waals surface area contributed by atoms with E-state index in [0.717, 1.165) is 16.7 Å². The predicted molar refractivity (Wildman–Crippen MR) is 118 cm³/mol. The molecule has 0 saturated heterocycles. The standard InChI is InChI=1S/C24H22Cl2N2O2/c25-21-11-18-9-20(10-19(18)12-22(21)26)24(30)28(14-16-5-2-1-3-6-16)15-23(29)17-7-4-8-27-13-17/h1-8,11-13,20,23,29H,9-10,14-15H2. The van der Waals surface area contributed by atoms with E-state index in [1.165, 1.54) is 0 Å². The molecule has 1 aliphatic carbocycles. The highest BCUT2D eigenvalue weighted by Gasteiger charge is 2.32. The van der Waals surface area contributed by atoms with Crippen molar-refractivity contribution >= 4 is 29.1 Å². The first kappa shape index (κ1) is 20.9. The second-order valence-corrected chi connectivity index (χ2v) is 8.46. The molecule has 1 amide bonds. The Morgan fingerprint density at radius 3 is 2.33 bits per heavy atom. The van der Waals surface area contributed by atoms with Crippen LogP contribution in [0.4, 0.5) is 0 Å². The molecule has 4 nitrogen and oxygen atoms in total. The van der Waals surface area contributed by atoms with Crippen LogP contribution in [0.2, 0.25) is 10.0 Å². The zero-order valence-electron chi connectivity index (χ0n) is 16.3. The first-order valence-electron chi connectivity index (χ1n) is 9.88. The molecule has 30 heavy (non-hydrogen) atoms. The Morgan fingerprint density at radius 1 is 1.07 bits per heavy atom. The van der Waals surface area contributed by atoms with Gasteiger partial charge in [-0.05, 0) is 47.7 Å². The number of fused-ring (bicyclic) bond motifs is 1. The minimum absolute atomic E-state index is 0.0187. The molecule has 0 radical (unpaired) electrons. The van der Waals surface area contributed by atoms with Crippen molar-refractivity contribution in [1.82, 2.24) is 9.88 Å². The summed E-state index contributed by atoms with van der Waals surface area (Å²) in [4.78, 5) is 19.3. The number of rotatable bonds is 6. The molecule has 0 bridgehead atoms. The largest absolute Gasteiger partial charge is 0.386 e. The fraction of sp³-hybridized carbons (Fsp3) is 0.250. The van der Waals surface area contributed by atoms with Crippen molar-refractivity contribution in [2.24, 2.45) is 5.92 Å². The second-order valence-electron chi connectivity index (χ2n) is 7.65. The maximum atomic E-state index is 13.5. The van der Waals surface area contributed by atoms with Gasteiger partial charge in [0.2, 0.25) is 5.91 Å². The molecule has 1 aliphatic rings. The van der Waals surface area contributed by atoms with Crippen LogP contribution >= 0.6 is 23.2 Å². The Hall–Kier alpha value is -2.40. The van der Waals surface area contributed by atoms with E-state index in [2.05, 4.69) is 4.98 Å². The van der Waals surface area contributed by atoms with Crippen molar-refractivity contribution in [3.63, 3.8) is 0 Å². The van der Waals surface area contributed by atoms with Crippen LogP contribution in [0, 0.1) is 5.92 Å². The van der Waals surface area contributed by atoms with E-state index >= 15 is 0 Å². The molecule has 0 saturated carbocycles. The van der Waals surface area contributed by atoms with Gasteiger partial charge in [0.15, 0.2) is 0 Å². The van der Waals surface area contributed by atoms with E-state index in [1.807, 2.05) is 48.5 Å². The van der Waals surface area contributed by atoms with Gasteiger partial charge in [0, 0.05) is 30.4 Å². The van der Waals surface area contributed by atoms with Gasteiger partial charge in [0.05, 0.1) is 22.7 Å².